The molecular formula is C15H15N3O2S. The fourth-order valence-electron chi connectivity index (χ4n) is 1.70. The molecule has 1 aromatic carbocycles. The van der Waals surface area contributed by atoms with Crippen LogP contribution in [0.2, 0.25) is 0 Å². The third kappa shape index (κ3) is 4.32. The summed E-state index contributed by atoms with van der Waals surface area (Å²) < 4.78 is 0. The van der Waals surface area contributed by atoms with Gasteiger partial charge in [-0.3, -0.25) is 9.59 Å². The number of rotatable bonds is 5. The molecule has 0 radical (unpaired) electrons. The molecule has 3 N–H and O–H groups in total. The molecule has 0 saturated carbocycles. The molecule has 0 saturated heterocycles. The molecule has 21 heavy (non-hydrogen) atoms. The average Bonchev–Trinajstić information content (AvgIpc) is 2.46. The zero-order valence-electron chi connectivity index (χ0n) is 11.5. The topological polar surface area (TPSA) is 85.1 Å². The van der Waals surface area contributed by atoms with E-state index in [0.29, 0.717) is 11.4 Å². The average molecular weight is 301 g/mol. The Morgan fingerprint density at radius 3 is 2.67 bits per heavy atom. The molecule has 2 rings (SSSR count). The van der Waals surface area contributed by atoms with E-state index in [1.165, 1.54) is 11.8 Å². The van der Waals surface area contributed by atoms with Gasteiger partial charge in [0.25, 0.3) is 5.91 Å². The first kappa shape index (κ1) is 15.1. The molecule has 5 nitrogen and oxygen atoms in total. The number of pyridine rings is 1. The number of carbonyl (C=O) groups is 2. The summed E-state index contributed by atoms with van der Waals surface area (Å²) in [5.74, 6) is -0.525. The maximum absolute atomic E-state index is 12.2. The Morgan fingerprint density at radius 2 is 1.95 bits per heavy atom. The van der Waals surface area contributed by atoms with Crippen molar-refractivity contribution < 1.29 is 9.59 Å². The third-order valence-corrected chi connectivity index (χ3v) is 3.72. The van der Waals surface area contributed by atoms with Crippen LogP contribution in [0.3, 0.4) is 0 Å². The Balaban J connectivity index is 2.15. The van der Waals surface area contributed by atoms with Gasteiger partial charge in [-0.25, -0.2) is 4.98 Å². The number of para-hydroxylation sites is 1. The van der Waals surface area contributed by atoms with E-state index < -0.39 is 5.91 Å². The van der Waals surface area contributed by atoms with Crippen LogP contribution in [0, 0.1) is 6.92 Å². The zero-order chi connectivity index (χ0) is 15.2. The van der Waals surface area contributed by atoms with Gasteiger partial charge in [-0.05, 0) is 31.2 Å². The van der Waals surface area contributed by atoms with E-state index in [9.17, 15) is 9.59 Å². The van der Waals surface area contributed by atoms with E-state index in [0.717, 1.165) is 10.6 Å². The summed E-state index contributed by atoms with van der Waals surface area (Å²) in [5.41, 5.74) is 6.91. The van der Waals surface area contributed by atoms with Gasteiger partial charge < -0.3 is 11.1 Å². The van der Waals surface area contributed by atoms with Crippen LogP contribution in [0.4, 0.5) is 5.69 Å². The normalized spacial score (nSPS) is 10.1. The predicted octanol–water partition coefficient (Wildman–Crippen LogP) is 2.22. The Hall–Kier alpha value is -2.34. The molecule has 2 aromatic rings. The molecule has 0 aliphatic rings. The number of aryl methyl sites for hydroxylation is 1. The van der Waals surface area contributed by atoms with Crippen molar-refractivity contribution in [1.82, 2.24) is 4.98 Å². The van der Waals surface area contributed by atoms with Crippen LogP contribution < -0.4 is 11.1 Å². The summed E-state index contributed by atoms with van der Waals surface area (Å²) in [7, 11) is 0. The lowest BCUT2D eigenvalue weighted by molar-refractivity contribution is -0.115. The highest BCUT2D eigenvalue weighted by atomic mass is 32.2. The van der Waals surface area contributed by atoms with E-state index in [2.05, 4.69) is 10.3 Å². The summed E-state index contributed by atoms with van der Waals surface area (Å²) in [6.45, 7) is 1.83. The van der Waals surface area contributed by atoms with E-state index in [1.54, 1.807) is 18.2 Å². The summed E-state index contributed by atoms with van der Waals surface area (Å²) in [6, 6.07) is 12.5. The highest BCUT2D eigenvalue weighted by molar-refractivity contribution is 8.00. The minimum absolute atomic E-state index is 0.162. The molecule has 0 fully saturated rings. The second kappa shape index (κ2) is 6.90. The largest absolute Gasteiger partial charge is 0.369 e. The number of thioether (sulfide) groups is 1. The molecule has 1 aromatic heterocycles. The van der Waals surface area contributed by atoms with Gasteiger partial charge in [0.05, 0.1) is 11.4 Å². The van der Waals surface area contributed by atoms with Crippen molar-refractivity contribution in [3.63, 3.8) is 0 Å². The van der Waals surface area contributed by atoms with Crippen molar-refractivity contribution in [2.45, 2.75) is 11.8 Å². The summed E-state index contributed by atoms with van der Waals surface area (Å²) in [5, 5.41) is 2.80. The minimum Gasteiger partial charge on any atom is -0.369 e. The van der Waals surface area contributed by atoms with Crippen LogP contribution in [-0.2, 0) is 4.79 Å². The summed E-state index contributed by atoms with van der Waals surface area (Å²) >= 11 is 1.29. The standard InChI is InChI=1S/C15H15N3O2S/c1-10-5-4-7-12(17-10)15(20)18-11-6-2-3-8-13(11)21-9-14(16)19/h2-8H,9H2,1H3,(H2,16,19)(H,18,20). The number of aromatic nitrogens is 1. The van der Waals surface area contributed by atoms with E-state index in [-0.39, 0.29) is 11.7 Å². The maximum atomic E-state index is 12.2. The highest BCUT2D eigenvalue weighted by Gasteiger charge is 2.11. The quantitative estimate of drug-likeness (QED) is 0.829. The van der Waals surface area contributed by atoms with Gasteiger partial charge in [0.1, 0.15) is 5.69 Å². The third-order valence-electron chi connectivity index (χ3n) is 2.63. The summed E-state index contributed by atoms with van der Waals surface area (Å²) in [4.78, 5) is 28.0. The van der Waals surface area contributed by atoms with Crippen LogP contribution in [0.5, 0.6) is 0 Å². The molecule has 0 aliphatic heterocycles. The van der Waals surface area contributed by atoms with Crippen molar-refractivity contribution in [2.75, 3.05) is 11.1 Å². The predicted molar refractivity (Wildman–Crippen MR) is 83.3 cm³/mol. The Morgan fingerprint density at radius 1 is 1.19 bits per heavy atom. The number of anilines is 1. The first-order valence-electron chi connectivity index (χ1n) is 6.31. The van der Waals surface area contributed by atoms with Crippen LogP contribution in [0.1, 0.15) is 16.2 Å². The molecule has 0 spiro atoms. The summed E-state index contributed by atoms with van der Waals surface area (Å²) in [6.07, 6.45) is 0. The number of carbonyl (C=O) groups excluding carboxylic acids is 2. The van der Waals surface area contributed by atoms with Gasteiger partial charge in [0.2, 0.25) is 5.91 Å². The number of hydrogen-bond acceptors (Lipinski definition) is 4. The van der Waals surface area contributed by atoms with Gasteiger partial charge in [0, 0.05) is 10.6 Å². The van der Waals surface area contributed by atoms with Crippen molar-refractivity contribution in [3.8, 4) is 0 Å². The molecule has 0 atom stereocenters. The smallest absolute Gasteiger partial charge is 0.274 e. The number of benzene rings is 1. The molecule has 108 valence electrons. The number of nitrogens with one attached hydrogen (secondary N) is 1. The lowest BCUT2D eigenvalue weighted by Gasteiger charge is -2.10. The number of hydrogen-bond donors (Lipinski definition) is 2. The number of primary amides is 1. The number of nitrogens with two attached hydrogens (primary N) is 1. The molecule has 2 amide bonds. The molecule has 0 unspecified atom stereocenters. The Labute approximate surface area is 127 Å². The Kier molecular flexibility index (Phi) is 4.94. The van der Waals surface area contributed by atoms with Crippen LogP contribution in [0.25, 0.3) is 0 Å². The lowest BCUT2D eigenvalue weighted by Crippen LogP contribution is -2.15. The highest BCUT2D eigenvalue weighted by Crippen LogP contribution is 2.26. The molecule has 6 heteroatoms. The Bertz CT molecular complexity index is 673. The van der Waals surface area contributed by atoms with Gasteiger partial charge in [-0.1, -0.05) is 18.2 Å². The SMILES string of the molecule is Cc1cccc(C(=O)Nc2ccccc2SCC(N)=O)n1. The van der Waals surface area contributed by atoms with Gasteiger partial charge in [0.15, 0.2) is 0 Å². The van der Waals surface area contributed by atoms with Crippen molar-refractivity contribution >= 4 is 29.3 Å². The van der Waals surface area contributed by atoms with Gasteiger partial charge in [-0.2, -0.15) is 0 Å². The number of amides is 2. The van der Waals surface area contributed by atoms with Crippen molar-refractivity contribution in [2.24, 2.45) is 5.73 Å². The van der Waals surface area contributed by atoms with Crippen molar-refractivity contribution in [3.05, 3.63) is 53.9 Å². The molecular weight excluding hydrogens is 286 g/mol. The monoisotopic (exact) mass is 301 g/mol. The van der Waals surface area contributed by atoms with Crippen LogP contribution >= 0.6 is 11.8 Å². The second-order valence-corrected chi connectivity index (χ2v) is 5.39. The zero-order valence-corrected chi connectivity index (χ0v) is 12.3. The first-order valence-corrected chi connectivity index (χ1v) is 7.30. The van der Waals surface area contributed by atoms with E-state index in [1.807, 2.05) is 31.2 Å². The fourth-order valence-corrected chi connectivity index (χ4v) is 2.45. The maximum Gasteiger partial charge on any atom is 0.274 e. The fraction of sp³-hybridized carbons (Fsp3) is 0.133. The first-order chi connectivity index (χ1) is 10.1. The van der Waals surface area contributed by atoms with Gasteiger partial charge in [-0.15, -0.1) is 11.8 Å². The second-order valence-electron chi connectivity index (χ2n) is 4.37. The van der Waals surface area contributed by atoms with Crippen molar-refractivity contribution in [1.29, 1.82) is 0 Å². The van der Waals surface area contributed by atoms with E-state index in [4.69, 9.17) is 5.73 Å². The minimum atomic E-state index is -0.401. The lowest BCUT2D eigenvalue weighted by atomic mass is 10.2. The van der Waals surface area contributed by atoms with Gasteiger partial charge >= 0.3 is 0 Å². The number of nitrogens with zero attached hydrogens (tertiary/aromatic N) is 1. The van der Waals surface area contributed by atoms with E-state index >= 15 is 0 Å². The molecule has 0 aliphatic carbocycles. The van der Waals surface area contributed by atoms with Crippen LogP contribution in [0.15, 0.2) is 47.4 Å². The molecule has 1 heterocycles. The molecule has 0 bridgehead atoms. The van der Waals surface area contributed by atoms with Crippen LogP contribution in [-0.4, -0.2) is 22.6 Å².